The van der Waals surface area contributed by atoms with Crippen LogP contribution in [0.25, 0.3) is 0 Å². The number of nitrogens with one attached hydrogen (secondary N) is 1. The van der Waals surface area contributed by atoms with E-state index in [1.54, 1.807) is 15.3 Å². The van der Waals surface area contributed by atoms with Crippen molar-refractivity contribution in [1.29, 1.82) is 0 Å². The lowest BCUT2D eigenvalue weighted by atomic mass is 9.99. The highest BCUT2D eigenvalue weighted by Gasteiger charge is 2.17. The van der Waals surface area contributed by atoms with Gasteiger partial charge in [0, 0.05) is 21.8 Å². The van der Waals surface area contributed by atoms with Gasteiger partial charge < -0.3 is 5.32 Å². The molecular weight excluding hydrogens is 250 g/mol. The van der Waals surface area contributed by atoms with Crippen LogP contribution in [-0.4, -0.2) is 6.04 Å². The Morgan fingerprint density at radius 3 is 2.53 bits per heavy atom. The van der Waals surface area contributed by atoms with Gasteiger partial charge in [0.2, 0.25) is 0 Å². The SMILES string of the molecule is CC(C)CCC(C)NC(C)c1cc2c(s1)CCCC2. The monoisotopic (exact) mass is 279 g/mol. The molecule has 0 radical (unpaired) electrons. The molecule has 0 amide bonds. The third kappa shape index (κ3) is 4.32. The number of hydrogen-bond donors (Lipinski definition) is 1. The molecule has 2 atom stereocenters. The Bertz CT molecular complexity index is 370. The molecule has 0 aliphatic heterocycles. The fourth-order valence-corrected chi connectivity index (χ4v) is 4.17. The maximum absolute atomic E-state index is 3.77. The molecule has 108 valence electrons. The predicted octanol–water partition coefficient (Wildman–Crippen LogP) is 5.10. The Balaban J connectivity index is 1.88. The fraction of sp³-hybridized carbons (Fsp3) is 0.765. The molecule has 1 aromatic rings. The van der Waals surface area contributed by atoms with Crippen molar-refractivity contribution in [3.8, 4) is 0 Å². The van der Waals surface area contributed by atoms with Gasteiger partial charge in [-0.2, -0.15) is 0 Å². The first-order chi connectivity index (χ1) is 9.06. The first-order valence-electron chi connectivity index (χ1n) is 7.93. The second-order valence-electron chi connectivity index (χ2n) is 6.56. The van der Waals surface area contributed by atoms with E-state index in [2.05, 4.69) is 39.1 Å². The van der Waals surface area contributed by atoms with Crippen molar-refractivity contribution < 1.29 is 0 Å². The minimum Gasteiger partial charge on any atom is -0.307 e. The topological polar surface area (TPSA) is 12.0 Å². The zero-order chi connectivity index (χ0) is 13.8. The molecule has 0 spiro atoms. The summed E-state index contributed by atoms with van der Waals surface area (Å²) < 4.78 is 0. The van der Waals surface area contributed by atoms with Crippen LogP contribution in [0, 0.1) is 5.92 Å². The second kappa shape index (κ2) is 6.90. The normalized spacial score (nSPS) is 18.4. The Labute approximate surface area is 122 Å². The van der Waals surface area contributed by atoms with Gasteiger partial charge in [0.1, 0.15) is 0 Å². The van der Waals surface area contributed by atoms with Gasteiger partial charge in [0.15, 0.2) is 0 Å². The number of thiophene rings is 1. The lowest BCUT2D eigenvalue weighted by molar-refractivity contribution is 0.419. The maximum Gasteiger partial charge on any atom is 0.0388 e. The first kappa shape index (κ1) is 15.1. The highest BCUT2D eigenvalue weighted by molar-refractivity contribution is 7.12. The smallest absolute Gasteiger partial charge is 0.0388 e. The second-order valence-corrected chi connectivity index (χ2v) is 7.73. The molecular formula is C17H29NS. The number of aryl methyl sites for hydroxylation is 2. The molecule has 1 heterocycles. The Morgan fingerprint density at radius 1 is 1.11 bits per heavy atom. The molecule has 0 saturated heterocycles. The summed E-state index contributed by atoms with van der Waals surface area (Å²) >= 11 is 2.05. The van der Waals surface area contributed by atoms with Crippen LogP contribution in [0.3, 0.4) is 0 Å². The van der Waals surface area contributed by atoms with E-state index in [-0.39, 0.29) is 0 Å². The molecule has 1 aliphatic rings. The van der Waals surface area contributed by atoms with E-state index in [9.17, 15) is 0 Å². The molecule has 2 heteroatoms. The molecule has 1 aliphatic carbocycles. The third-order valence-electron chi connectivity index (χ3n) is 4.15. The average molecular weight is 279 g/mol. The van der Waals surface area contributed by atoms with Crippen LogP contribution in [-0.2, 0) is 12.8 Å². The molecule has 2 unspecified atom stereocenters. The van der Waals surface area contributed by atoms with E-state index in [0.29, 0.717) is 12.1 Å². The molecule has 0 aromatic carbocycles. The molecule has 1 aromatic heterocycles. The summed E-state index contributed by atoms with van der Waals surface area (Å²) in [7, 11) is 0. The molecule has 1 nitrogen and oxygen atoms in total. The highest BCUT2D eigenvalue weighted by atomic mass is 32.1. The molecule has 0 bridgehead atoms. The van der Waals surface area contributed by atoms with E-state index in [1.807, 2.05) is 11.3 Å². The quantitative estimate of drug-likeness (QED) is 0.763. The summed E-state index contributed by atoms with van der Waals surface area (Å²) in [5.41, 5.74) is 1.63. The standard InChI is InChI=1S/C17H29NS/c1-12(2)9-10-13(3)18-14(4)17-11-15-7-5-6-8-16(15)19-17/h11-14,18H,5-10H2,1-4H3. The molecule has 2 rings (SSSR count). The minimum absolute atomic E-state index is 0.512. The van der Waals surface area contributed by atoms with Crippen LogP contribution in [0.2, 0.25) is 0 Å². The summed E-state index contributed by atoms with van der Waals surface area (Å²) in [6.45, 7) is 9.27. The Hall–Kier alpha value is -0.340. The zero-order valence-electron chi connectivity index (χ0n) is 13.0. The number of fused-ring (bicyclic) bond motifs is 1. The summed E-state index contributed by atoms with van der Waals surface area (Å²) in [6, 6.07) is 3.60. The Kier molecular flexibility index (Phi) is 5.47. The van der Waals surface area contributed by atoms with Gasteiger partial charge in [-0.25, -0.2) is 0 Å². The zero-order valence-corrected chi connectivity index (χ0v) is 13.8. The summed E-state index contributed by atoms with van der Waals surface area (Å²) in [5, 5.41) is 3.77. The minimum atomic E-state index is 0.512. The molecule has 0 saturated carbocycles. The summed E-state index contributed by atoms with van der Waals surface area (Å²) in [5.74, 6) is 0.814. The van der Waals surface area contributed by atoms with Crippen molar-refractivity contribution >= 4 is 11.3 Å². The van der Waals surface area contributed by atoms with Crippen LogP contribution in [0.4, 0.5) is 0 Å². The summed E-state index contributed by atoms with van der Waals surface area (Å²) in [4.78, 5) is 3.20. The van der Waals surface area contributed by atoms with Gasteiger partial charge in [-0.05, 0) is 69.9 Å². The van der Waals surface area contributed by atoms with Crippen molar-refractivity contribution in [3.05, 3.63) is 21.4 Å². The lowest BCUT2D eigenvalue weighted by Crippen LogP contribution is -2.28. The molecule has 0 fully saturated rings. The van der Waals surface area contributed by atoms with E-state index in [1.165, 1.54) is 38.5 Å². The van der Waals surface area contributed by atoms with E-state index in [0.717, 1.165) is 5.92 Å². The van der Waals surface area contributed by atoms with Gasteiger partial charge in [0.25, 0.3) is 0 Å². The average Bonchev–Trinajstić information content (AvgIpc) is 2.80. The summed E-state index contributed by atoms with van der Waals surface area (Å²) in [6.07, 6.45) is 8.00. The van der Waals surface area contributed by atoms with Gasteiger partial charge in [-0.15, -0.1) is 11.3 Å². The molecule has 1 N–H and O–H groups in total. The van der Waals surface area contributed by atoms with Crippen molar-refractivity contribution in [2.75, 3.05) is 0 Å². The van der Waals surface area contributed by atoms with Crippen LogP contribution < -0.4 is 5.32 Å². The van der Waals surface area contributed by atoms with E-state index < -0.39 is 0 Å². The van der Waals surface area contributed by atoms with Gasteiger partial charge in [-0.3, -0.25) is 0 Å². The number of rotatable bonds is 6. The van der Waals surface area contributed by atoms with E-state index in [4.69, 9.17) is 0 Å². The van der Waals surface area contributed by atoms with Crippen LogP contribution in [0.5, 0.6) is 0 Å². The lowest BCUT2D eigenvalue weighted by Gasteiger charge is -2.20. The van der Waals surface area contributed by atoms with Crippen molar-refractivity contribution in [2.24, 2.45) is 5.92 Å². The molecule has 19 heavy (non-hydrogen) atoms. The van der Waals surface area contributed by atoms with Gasteiger partial charge in [0.05, 0.1) is 0 Å². The number of hydrogen-bond acceptors (Lipinski definition) is 2. The van der Waals surface area contributed by atoms with E-state index >= 15 is 0 Å². The van der Waals surface area contributed by atoms with Gasteiger partial charge in [-0.1, -0.05) is 13.8 Å². The third-order valence-corrected chi connectivity index (χ3v) is 5.57. The highest BCUT2D eigenvalue weighted by Crippen LogP contribution is 2.33. The van der Waals surface area contributed by atoms with Crippen LogP contribution in [0.1, 0.15) is 74.7 Å². The van der Waals surface area contributed by atoms with Crippen LogP contribution >= 0.6 is 11.3 Å². The van der Waals surface area contributed by atoms with Crippen LogP contribution in [0.15, 0.2) is 6.07 Å². The maximum atomic E-state index is 3.77. The largest absolute Gasteiger partial charge is 0.307 e. The first-order valence-corrected chi connectivity index (χ1v) is 8.75. The fourth-order valence-electron chi connectivity index (χ4n) is 2.90. The Morgan fingerprint density at radius 2 is 1.84 bits per heavy atom. The van der Waals surface area contributed by atoms with Gasteiger partial charge >= 0.3 is 0 Å². The van der Waals surface area contributed by atoms with Crippen molar-refractivity contribution in [2.45, 2.75) is 78.3 Å². The predicted molar refractivity (Wildman–Crippen MR) is 86.0 cm³/mol. The van der Waals surface area contributed by atoms with Crippen molar-refractivity contribution in [3.63, 3.8) is 0 Å². The van der Waals surface area contributed by atoms with Crippen molar-refractivity contribution in [1.82, 2.24) is 5.32 Å².